The topological polar surface area (TPSA) is 56.2 Å². The molecule has 72 valence electrons. The van der Waals surface area contributed by atoms with Crippen molar-refractivity contribution in [3.05, 3.63) is 34.2 Å². The number of halogens is 2. The molecule has 0 unspecified atom stereocenters. The third kappa shape index (κ3) is 1.21. The summed E-state index contributed by atoms with van der Waals surface area (Å²) in [4.78, 5) is 10.9. The van der Waals surface area contributed by atoms with Crippen molar-refractivity contribution < 1.29 is 13.6 Å². The van der Waals surface area contributed by atoms with Gasteiger partial charge >= 0.3 is 0 Å². The van der Waals surface area contributed by atoms with Gasteiger partial charge in [0.05, 0.1) is 21.7 Å². The monoisotopic (exact) mass is 257 g/mol. The molecular weight excluding hydrogens is 253 g/mol. The summed E-state index contributed by atoms with van der Waals surface area (Å²) in [5.74, 6) is -1.45. The highest BCUT2D eigenvalue weighted by molar-refractivity contribution is 9.10. The Kier molecular flexibility index (Phi) is 2.03. The van der Waals surface area contributed by atoms with Crippen LogP contribution >= 0.6 is 15.9 Å². The number of nitrogens with two attached hydrogens (primary N) is 1. The zero-order valence-electron chi connectivity index (χ0n) is 6.88. The van der Waals surface area contributed by atoms with E-state index in [2.05, 4.69) is 15.9 Å². The highest BCUT2D eigenvalue weighted by Crippen LogP contribution is 2.29. The van der Waals surface area contributed by atoms with Crippen molar-refractivity contribution in [2.45, 2.75) is 0 Å². The Balaban J connectivity index is 2.88. The number of hydrogen-bond acceptors (Lipinski definition) is 2. The lowest BCUT2D eigenvalue weighted by molar-refractivity contribution is 0.0996. The molecule has 0 bridgehead atoms. The first-order valence-electron chi connectivity index (χ1n) is 3.76. The molecule has 5 heteroatoms. The Hall–Kier alpha value is -1.36. The molecule has 0 radical (unpaired) electrons. The predicted molar refractivity (Wildman–Crippen MR) is 52.4 cm³/mol. The van der Waals surface area contributed by atoms with Crippen LogP contribution in [0.5, 0.6) is 0 Å². The van der Waals surface area contributed by atoms with Crippen LogP contribution in [0.3, 0.4) is 0 Å². The molecule has 0 saturated heterocycles. The first kappa shape index (κ1) is 9.21. The van der Waals surface area contributed by atoms with Crippen LogP contribution in [-0.4, -0.2) is 5.91 Å². The van der Waals surface area contributed by atoms with Crippen molar-refractivity contribution >= 4 is 32.8 Å². The molecule has 2 rings (SSSR count). The van der Waals surface area contributed by atoms with Gasteiger partial charge in [-0.2, -0.15) is 0 Å². The van der Waals surface area contributed by atoms with Crippen LogP contribution in [0.1, 0.15) is 10.4 Å². The lowest BCUT2D eigenvalue weighted by Crippen LogP contribution is -2.13. The third-order valence-corrected chi connectivity index (χ3v) is 2.48. The standard InChI is InChI=1S/C9H5BrFNO2/c10-6-3-5(9(12)13)7(11)4-1-2-14-8(4)6/h1-3H,(H2,12,13). The Morgan fingerprint density at radius 1 is 1.57 bits per heavy atom. The Morgan fingerprint density at radius 3 is 2.93 bits per heavy atom. The fourth-order valence-electron chi connectivity index (χ4n) is 1.25. The maximum absolute atomic E-state index is 13.6. The van der Waals surface area contributed by atoms with Crippen LogP contribution in [0.2, 0.25) is 0 Å². The van der Waals surface area contributed by atoms with Gasteiger partial charge in [-0.05, 0) is 28.1 Å². The molecule has 0 fully saturated rings. The fraction of sp³-hybridized carbons (Fsp3) is 0. The van der Waals surface area contributed by atoms with Gasteiger partial charge in [0.25, 0.3) is 5.91 Å². The van der Waals surface area contributed by atoms with Gasteiger partial charge < -0.3 is 10.2 Å². The number of primary amides is 1. The van der Waals surface area contributed by atoms with Gasteiger partial charge in [-0.3, -0.25) is 4.79 Å². The molecular formula is C9H5BrFNO2. The van der Waals surface area contributed by atoms with E-state index in [0.717, 1.165) is 0 Å². The molecule has 2 N–H and O–H groups in total. The SMILES string of the molecule is NC(=O)c1cc(Br)c2occc2c1F. The van der Waals surface area contributed by atoms with E-state index in [1.807, 2.05) is 0 Å². The minimum atomic E-state index is -0.800. The average Bonchev–Trinajstić information content (AvgIpc) is 2.59. The van der Waals surface area contributed by atoms with E-state index in [1.165, 1.54) is 18.4 Å². The molecule has 0 aliphatic carbocycles. The third-order valence-electron chi connectivity index (χ3n) is 1.89. The molecule has 14 heavy (non-hydrogen) atoms. The van der Waals surface area contributed by atoms with E-state index in [-0.39, 0.29) is 10.9 Å². The van der Waals surface area contributed by atoms with E-state index in [9.17, 15) is 9.18 Å². The molecule has 2 aromatic rings. The number of fused-ring (bicyclic) bond motifs is 1. The maximum Gasteiger partial charge on any atom is 0.251 e. The largest absolute Gasteiger partial charge is 0.463 e. The van der Waals surface area contributed by atoms with Gasteiger partial charge in [0, 0.05) is 0 Å². The highest BCUT2D eigenvalue weighted by atomic mass is 79.9. The van der Waals surface area contributed by atoms with E-state index in [4.69, 9.17) is 10.2 Å². The number of furan rings is 1. The van der Waals surface area contributed by atoms with E-state index in [1.54, 1.807) is 0 Å². The van der Waals surface area contributed by atoms with Crippen molar-refractivity contribution in [1.29, 1.82) is 0 Å². The first-order chi connectivity index (χ1) is 6.61. The number of carbonyl (C=O) groups is 1. The van der Waals surface area contributed by atoms with Crippen LogP contribution in [0, 0.1) is 5.82 Å². The molecule has 0 aliphatic rings. The van der Waals surface area contributed by atoms with Crippen molar-refractivity contribution in [2.75, 3.05) is 0 Å². The van der Waals surface area contributed by atoms with Gasteiger partial charge in [-0.1, -0.05) is 0 Å². The fourth-order valence-corrected chi connectivity index (χ4v) is 1.78. The van der Waals surface area contributed by atoms with Crippen molar-refractivity contribution in [1.82, 2.24) is 0 Å². The van der Waals surface area contributed by atoms with Gasteiger partial charge in [-0.15, -0.1) is 0 Å². The van der Waals surface area contributed by atoms with Gasteiger partial charge in [-0.25, -0.2) is 4.39 Å². The Morgan fingerprint density at radius 2 is 2.29 bits per heavy atom. The summed E-state index contributed by atoms with van der Waals surface area (Å²) in [6.07, 6.45) is 1.35. The Bertz CT molecular complexity index is 521. The van der Waals surface area contributed by atoms with Crippen LogP contribution < -0.4 is 5.73 Å². The van der Waals surface area contributed by atoms with Crippen LogP contribution in [0.4, 0.5) is 4.39 Å². The minimum absolute atomic E-state index is 0.147. The molecule has 1 heterocycles. The van der Waals surface area contributed by atoms with Crippen LogP contribution in [0.25, 0.3) is 11.0 Å². The van der Waals surface area contributed by atoms with E-state index in [0.29, 0.717) is 10.1 Å². The minimum Gasteiger partial charge on any atom is -0.463 e. The lowest BCUT2D eigenvalue weighted by atomic mass is 10.1. The zero-order chi connectivity index (χ0) is 10.3. The number of amides is 1. The van der Waals surface area contributed by atoms with Gasteiger partial charge in [0.15, 0.2) is 5.58 Å². The number of benzene rings is 1. The summed E-state index contributed by atoms with van der Waals surface area (Å²) >= 11 is 3.16. The molecule has 1 aromatic carbocycles. The number of rotatable bonds is 1. The number of hydrogen-bond donors (Lipinski definition) is 1. The second kappa shape index (κ2) is 3.09. The van der Waals surface area contributed by atoms with Crippen molar-refractivity contribution in [2.24, 2.45) is 5.73 Å². The van der Waals surface area contributed by atoms with E-state index < -0.39 is 11.7 Å². The molecule has 1 aromatic heterocycles. The van der Waals surface area contributed by atoms with Gasteiger partial charge in [0.1, 0.15) is 5.82 Å². The average molecular weight is 258 g/mol. The molecule has 1 amide bonds. The first-order valence-corrected chi connectivity index (χ1v) is 4.55. The summed E-state index contributed by atoms with van der Waals surface area (Å²) in [7, 11) is 0. The maximum atomic E-state index is 13.6. The molecule has 0 atom stereocenters. The molecule has 0 aliphatic heterocycles. The van der Waals surface area contributed by atoms with E-state index >= 15 is 0 Å². The lowest BCUT2D eigenvalue weighted by Gasteiger charge is -2.00. The summed E-state index contributed by atoms with van der Waals surface area (Å²) in [5, 5.41) is 0.244. The normalized spacial score (nSPS) is 10.7. The van der Waals surface area contributed by atoms with Crippen LogP contribution in [0.15, 0.2) is 27.3 Å². The highest BCUT2D eigenvalue weighted by Gasteiger charge is 2.16. The second-order valence-electron chi connectivity index (χ2n) is 2.75. The summed E-state index contributed by atoms with van der Waals surface area (Å²) in [5.41, 5.74) is 5.23. The van der Waals surface area contributed by atoms with Crippen molar-refractivity contribution in [3.8, 4) is 0 Å². The molecule has 3 nitrogen and oxygen atoms in total. The summed E-state index contributed by atoms with van der Waals surface area (Å²) < 4.78 is 19.1. The molecule has 0 saturated carbocycles. The van der Waals surface area contributed by atoms with Crippen LogP contribution in [-0.2, 0) is 0 Å². The Labute approximate surface area is 86.8 Å². The zero-order valence-corrected chi connectivity index (χ0v) is 8.47. The number of carbonyl (C=O) groups excluding carboxylic acids is 1. The van der Waals surface area contributed by atoms with Gasteiger partial charge in [0.2, 0.25) is 0 Å². The van der Waals surface area contributed by atoms with Crippen molar-refractivity contribution in [3.63, 3.8) is 0 Å². The summed E-state index contributed by atoms with van der Waals surface area (Å²) in [6.45, 7) is 0. The smallest absolute Gasteiger partial charge is 0.251 e. The second-order valence-corrected chi connectivity index (χ2v) is 3.60. The molecule has 0 spiro atoms. The quantitative estimate of drug-likeness (QED) is 0.853. The predicted octanol–water partition coefficient (Wildman–Crippen LogP) is 2.43. The summed E-state index contributed by atoms with van der Waals surface area (Å²) in [6, 6.07) is 2.76.